The number of aryl methyl sites for hydroxylation is 1. The molecule has 0 radical (unpaired) electrons. The Bertz CT molecular complexity index is 1130. The number of benzene rings is 1. The van der Waals surface area contributed by atoms with Gasteiger partial charge in [-0.25, -0.2) is 4.39 Å². The fourth-order valence-electron chi connectivity index (χ4n) is 4.18. The number of aromatic nitrogens is 1. The molecule has 0 aliphatic heterocycles. The number of pyridine rings is 1. The van der Waals surface area contributed by atoms with Crippen LogP contribution < -0.4 is 16.2 Å². The van der Waals surface area contributed by atoms with Gasteiger partial charge in [-0.05, 0) is 62.4 Å². The van der Waals surface area contributed by atoms with Crippen molar-refractivity contribution in [1.82, 2.24) is 4.98 Å². The molecule has 3 N–H and O–H groups in total. The van der Waals surface area contributed by atoms with Crippen LogP contribution in [0.15, 0.2) is 23.0 Å². The fourth-order valence-corrected chi connectivity index (χ4v) is 4.18. The Hall–Kier alpha value is -3.47. The van der Waals surface area contributed by atoms with E-state index in [1.165, 1.54) is 18.2 Å². The first-order valence-corrected chi connectivity index (χ1v) is 10.8. The number of nitrogens with one attached hydrogen (secondary N) is 3. The van der Waals surface area contributed by atoms with Gasteiger partial charge in [-0.1, -0.05) is 19.3 Å². The van der Waals surface area contributed by atoms with E-state index in [4.69, 9.17) is 0 Å². The van der Waals surface area contributed by atoms with Crippen molar-refractivity contribution in [2.24, 2.45) is 5.92 Å². The van der Waals surface area contributed by atoms with Gasteiger partial charge in [-0.3, -0.25) is 14.4 Å². The summed E-state index contributed by atoms with van der Waals surface area (Å²) in [5.41, 5.74) is 1.96. The minimum absolute atomic E-state index is 0.0443. The zero-order valence-electron chi connectivity index (χ0n) is 18.3. The van der Waals surface area contributed by atoms with Crippen LogP contribution in [0.4, 0.5) is 15.8 Å². The van der Waals surface area contributed by atoms with E-state index in [0.29, 0.717) is 23.4 Å². The van der Waals surface area contributed by atoms with Gasteiger partial charge in [0.1, 0.15) is 17.4 Å². The highest BCUT2D eigenvalue weighted by atomic mass is 19.1. The SMILES string of the molecule is Cc1[nH]c(=O)c(C#N)c(C)c1CCC(=O)Nc1ccc(F)c(NC(=O)C2CCCCC2)c1. The Morgan fingerprint density at radius 3 is 2.59 bits per heavy atom. The van der Waals surface area contributed by atoms with Crippen molar-refractivity contribution in [2.45, 2.75) is 58.8 Å². The number of amides is 2. The van der Waals surface area contributed by atoms with Crippen molar-refractivity contribution >= 4 is 23.2 Å². The average Bonchev–Trinajstić information content (AvgIpc) is 2.76. The molecule has 0 unspecified atom stereocenters. The van der Waals surface area contributed by atoms with E-state index in [1.54, 1.807) is 13.8 Å². The van der Waals surface area contributed by atoms with E-state index in [1.807, 2.05) is 6.07 Å². The second-order valence-corrected chi connectivity index (χ2v) is 8.24. The van der Waals surface area contributed by atoms with Crippen LogP contribution in [0.25, 0.3) is 0 Å². The van der Waals surface area contributed by atoms with Crippen LogP contribution in [-0.2, 0) is 16.0 Å². The van der Waals surface area contributed by atoms with Crippen LogP contribution >= 0.6 is 0 Å². The molecule has 1 fully saturated rings. The molecule has 8 heteroatoms. The zero-order valence-corrected chi connectivity index (χ0v) is 18.3. The Kier molecular flexibility index (Phi) is 7.41. The number of H-pyrrole nitrogens is 1. The van der Waals surface area contributed by atoms with Crippen molar-refractivity contribution in [3.05, 3.63) is 56.8 Å². The Balaban J connectivity index is 1.65. The van der Waals surface area contributed by atoms with Crippen molar-refractivity contribution in [3.8, 4) is 6.07 Å². The molecule has 1 aliphatic rings. The molecule has 1 aromatic heterocycles. The predicted octanol–water partition coefficient (Wildman–Crippen LogP) is 4.09. The van der Waals surface area contributed by atoms with Crippen LogP contribution in [0, 0.1) is 36.9 Å². The molecule has 32 heavy (non-hydrogen) atoms. The number of carbonyl (C=O) groups is 2. The lowest BCUT2D eigenvalue weighted by Gasteiger charge is -2.21. The molecule has 7 nitrogen and oxygen atoms in total. The normalized spacial score (nSPS) is 13.9. The van der Waals surface area contributed by atoms with E-state index in [2.05, 4.69) is 15.6 Å². The summed E-state index contributed by atoms with van der Waals surface area (Å²) in [4.78, 5) is 39.4. The number of hydrogen-bond acceptors (Lipinski definition) is 4. The van der Waals surface area contributed by atoms with E-state index in [9.17, 15) is 24.0 Å². The van der Waals surface area contributed by atoms with E-state index in [-0.39, 0.29) is 35.4 Å². The second kappa shape index (κ2) is 10.2. The molecule has 168 valence electrons. The quantitative estimate of drug-likeness (QED) is 0.630. The van der Waals surface area contributed by atoms with Gasteiger partial charge in [-0.2, -0.15) is 5.26 Å². The van der Waals surface area contributed by atoms with Crippen LogP contribution in [0.1, 0.15) is 60.9 Å². The summed E-state index contributed by atoms with van der Waals surface area (Å²) in [6, 6.07) is 5.96. The Labute approximate surface area is 186 Å². The van der Waals surface area contributed by atoms with Gasteiger partial charge in [0, 0.05) is 23.7 Å². The molecule has 0 spiro atoms. The Morgan fingerprint density at radius 1 is 1.19 bits per heavy atom. The molecule has 0 atom stereocenters. The number of halogens is 1. The van der Waals surface area contributed by atoms with Gasteiger partial charge >= 0.3 is 0 Å². The number of aromatic amines is 1. The van der Waals surface area contributed by atoms with E-state index >= 15 is 0 Å². The zero-order chi connectivity index (χ0) is 23.3. The highest BCUT2D eigenvalue weighted by molar-refractivity contribution is 5.95. The number of hydrogen-bond donors (Lipinski definition) is 3. The highest BCUT2D eigenvalue weighted by Crippen LogP contribution is 2.26. The number of nitriles is 1. The minimum atomic E-state index is -0.560. The molecule has 0 bridgehead atoms. The molecular weight excluding hydrogens is 411 g/mol. The fraction of sp³-hybridized carbons (Fsp3) is 0.417. The number of anilines is 2. The third-order valence-electron chi connectivity index (χ3n) is 6.01. The molecular formula is C24H27FN4O3. The number of carbonyl (C=O) groups excluding carboxylic acids is 2. The lowest BCUT2D eigenvalue weighted by atomic mass is 9.88. The van der Waals surface area contributed by atoms with Crippen LogP contribution in [0.5, 0.6) is 0 Å². The molecule has 1 aromatic carbocycles. The predicted molar refractivity (Wildman–Crippen MR) is 120 cm³/mol. The van der Waals surface area contributed by atoms with Gasteiger partial charge in [0.15, 0.2) is 0 Å². The summed E-state index contributed by atoms with van der Waals surface area (Å²) in [6.07, 6.45) is 5.18. The lowest BCUT2D eigenvalue weighted by Crippen LogP contribution is -2.25. The van der Waals surface area contributed by atoms with Gasteiger partial charge < -0.3 is 15.6 Å². The summed E-state index contributed by atoms with van der Waals surface area (Å²) in [5, 5.41) is 14.5. The summed E-state index contributed by atoms with van der Waals surface area (Å²) >= 11 is 0. The highest BCUT2D eigenvalue weighted by Gasteiger charge is 2.22. The van der Waals surface area contributed by atoms with Crippen molar-refractivity contribution in [3.63, 3.8) is 0 Å². The first-order valence-electron chi connectivity index (χ1n) is 10.8. The molecule has 1 heterocycles. The van der Waals surface area contributed by atoms with Crippen molar-refractivity contribution in [2.75, 3.05) is 10.6 Å². The standard InChI is InChI=1S/C24H27FN4O3/c1-14-18(15(2)27-24(32)19(14)13-26)9-11-22(30)28-17-8-10-20(25)21(12-17)29-23(31)16-6-4-3-5-7-16/h8,10,12,16H,3-7,9,11H2,1-2H3,(H,27,32)(H,28,30)(H,29,31). The molecule has 0 saturated heterocycles. The first-order chi connectivity index (χ1) is 15.3. The molecule has 2 aromatic rings. The molecule has 1 aliphatic carbocycles. The molecule has 2 amide bonds. The third kappa shape index (κ3) is 5.41. The monoisotopic (exact) mass is 438 g/mol. The summed E-state index contributed by atoms with van der Waals surface area (Å²) in [5.74, 6) is -1.16. The molecule has 3 rings (SSSR count). The Morgan fingerprint density at radius 2 is 1.91 bits per heavy atom. The van der Waals surface area contributed by atoms with Crippen molar-refractivity contribution in [1.29, 1.82) is 5.26 Å². The van der Waals surface area contributed by atoms with Crippen LogP contribution in [-0.4, -0.2) is 16.8 Å². The van der Waals surface area contributed by atoms with Gasteiger partial charge in [0.2, 0.25) is 11.8 Å². The average molecular weight is 439 g/mol. The molecule has 1 saturated carbocycles. The van der Waals surface area contributed by atoms with Crippen LogP contribution in [0.2, 0.25) is 0 Å². The summed E-state index contributed by atoms with van der Waals surface area (Å²) in [7, 11) is 0. The van der Waals surface area contributed by atoms with E-state index in [0.717, 1.165) is 37.7 Å². The van der Waals surface area contributed by atoms with Gasteiger partial charge in [-0.15, -0.1) is 0 Å². The number of nitrogens with zero attached hydrogens (tertiary/aromatic N) is 1. The third-order valence-corrected chi connectivity index (χ3v) is 6.01. The van der Waals surface area contributed by atoms with Gasteiger partial charge in [0.25, 0.3) is 5.56 Å². The first kappa shape index (κ1) is 23.2. The maximum atomic E-state index is 14.2. The van der Waals surface area contributed by atoms with Crippen molar-refractivity contribution < 1.29 is 14.0 Å². The van der Waals surface area contributed by atoms with Crippen LogP contribution in [0.3, 0.4) is 0 Å². The topological polar surface area (TPSA) is 115 Å². The minimum Gasteiger partial charge on any atom is -0.326 e. The lowest BCUT2D eigenvalue weighted by molar-refractivity contribution is -0.120. The smallest absolute Gasteiger partial charge is 0.266 e. The maximum Gasteiger partial charge on any atom is 0.266 e. The second-order valence-electron chi connectivity index (χ2n) is 8.24. The van der Waals surface area contributed by atoms with Gasteiger partial charge in [0.05, 0.1) is 5.69 Å². The largest absolute Gasteiger partial charge is 0.326 e. The summed E-state index contributed by atoms with van der Waals surface area (Å²) in [6.45, 7) is 3.42. The maximum absolute atomic E-state index is 14.2. The summed E-state index contributed by atoms with van der Waals surface area (Å²) < 4.78 is 14.2. The number of rotatable bonds is 6. The van der Waals surface area contributed by atoms with E-state index < -0.39 is 11.4 Å².